The molecule has 136 valence electrons. The van der Waals surface area contributed by atoms with Crippen LogP contribution in [0.15, 0.2) is 47.4 Å². The fourth-order valence-corrected chi connectivity index (χ4v) is 4.01. The van der Waals surface area contributed by atoms with Crippen LogP contribution in [0.4, 0.5) is 5.69 Å². The number of nitro groups is 1. The molecule has 2 heterocycles. The van der Waals surface area contributed by atoms with Crippen molar-refractivity contribution in [1.29, 1.82) is 0 Å². The normalized spacial score (nSPS) is 17.0. The van der Waals surface area contributed by atoms with E-state index < -0.39 is 4.92 Å². The van der Waals surface area contributed by atoms with Crippen LogP contribution in [0.25, 0.3) is 6.08 Å². The molecule has 0 aliphatic carbocycles. The van der Waals surface area contributed by atoms with Crippen molar-refractivity contribution in [1.82, 2.24) is 4.90 Å². The van der Waals surface area contributed by atoms with Crippen LogP contribution in [0.1, 0.15) is 11.1 Å². The minimum absolute atomic E-state index is 0.00906. The highest BCUT2D eigenvalue weighted by molar-refractivity contribution is 8.26. The van der Waals surface area contributed by atoms with Crippen LogP contribution in [0.3, 0.4) is 0 Å². The molecule has 2 aromatic carbocycles. The van der Waals surface area contributed by atoms with Gasteiger partial charge in [0.25, 0.3) is 11.6 Å². The van der Waals surface area contributed by atoms with Gasteiger partial charge in [0.1, 0.15) is 4.32 Å². The van der Waals surface area contributed by atoms with Crippen molar-refractivity contribution < 1.29 is 19.2 Å². The van der Waals surface area contributed by atoms with Crippen LogP contribution in [0.5, 0.6) is 11.5 Å². The van der Waals surface area contributed by atoms with E-state index in [1.54, 1.807) is 0 Å². The summed E-state index contributed by atoms with van der Waals surface area (Å²) >= 11 is 6.45. The van der Waals surface area contributed by atoms with Gasteiger partial charge < -0.3 is 9.47 Å². The van der Waals surface area contributed by atoms with Gasteiger partial charge in [-0.25, -0.2) is 0 Å². The molecular weight excluding hydrogens is 388 g/mol. The van der Waals surface area contributed by atoms with Crippen LogP contribution < -0.4 is 9.47 Å². The number of benzene rings is 2. The first-order valence-corrected chi connectivity index (χ1v) is 9.13. The summed E-state index contributed by atoms with van der Waals surface area (Å²) in [4.78, 5) is 25.5. The maximum atomic E-state index is 12.8. The number of fused-ring (bicyclic) bond motifs is 1. The second-order valence-electron chi connectivity index (χ2n) is 5.77. The molecule has 2 aromatic rings. The number of carbonyl (C=O) groups excluding carboxylic acids is 1. The quantitative estimate of drug-likeness (QED) is 0.335. The van der Waals surface area contributed by atoms with Crippen molar-refractivity contribution in [2.75, 3.05) is 6.79 Å². The molecule has 0 saturated carbocycles. The van der Waals surface area contributed by atoms with E-state index in [1.165, 1.54) is 23.1 Å². The molecule has 0 radical (unpaired) electrons. The Hall–Kier alpha value is -2.91. The average Bonchev–Trinajstić information content (AvgIpc) is 3.21. The number of nitro benzene ring substituents is 1. The number of thioether (sulfide) groups is 1. The van der Waals surface area contributed by atoms with Gasteiger partial charge >= 0.3 is 0 Å². The minimum atomic E-state index is -0.515. The van der Waals surface area contributed by atoms with E-state index >= 15 is 0 Å². The molecule has 9 heteroatoms. The predicted octanol–water partition coefficient (Wildman–Crippen LogP) is 3.72. The molecular formula is C18H12N2O5S2. The third kappa shape index (κ3) is 3.38. The van der Waals surface area contributed by atoms with E-state index in [0.29, 0.717) is 27.3 Å². The molecule has 0 bridgehead atoms. The summed E-state index contributed by atoms with van der Waals surface area (Å²) in [5.41, 5.74) is 1.06. The highest BCUT2D eigenvalue weighted by atomic mass is 32.2. The van der Waals surface area contributed by atoms with Gasteiger partial charge in [-0.1, -0.05) is 54.3 Å². The highest BCUT2D eigenvalue weighted by Crippen LogP contribution is 2.41. The van der Waals surface area contributed by atoms with Crippen LogP contribution in [-0.2, 0) is 11.3 Å². The molecule has 0 N–H and O–H groups in total. The molecule has 1 saturated heterocycles. The van der Waals surface area contributed by atoms with Crippen molar-refractivity contribution in [3.63, 3.8) is 0 Å². The number of hydrogen-bond acceptors (Lipinski definition) is 7. The molecule has 2 aliphatic rings. The second-order valence-corrected chi connectivity index (χ2v) is 7.45. The first-order valence-electron chi connectivity index (χ1n) is 7.90. The lowest BCUT2D eigenvalue weighted by Gasteiger charge is -2.14. The Morgan fingerprint density at radius 3 is 2.63 bits per heavy atom. The van der Waals surface area contributed by atoms with Crippen LogP contribution in [-0.4, -0.2) is 26.8 Å². The van der Waals surface area contributed by atoms with Gasteiger partial charge in [-0.05, 0) is 17.7 Å². The molecule has 1 fully saturated rings. The Morgan fingerprint density at radius 1 is 1.22 bits per heavy atom. The maximum absolute atomic E-state index is 12.8. The molecule has 0 atom stereocenters. The molecule has 7 nitrogen and oxygen atoms in total. The van der Waals surface area contributed by atoms with Crippen molar-refractivity contribution in [3.8, 4) is 11.5 Å². The Kier molecular flexibility index (Phi) is 4.54. The number of amides is 1. The van der Waals surface area contributed by atoms with Crippen molar-refractivity contribution in [2.45, 2.75) is 6.54 Å². The summed E-state index contributed by atoms with van der Waals surface area (Å²) in [5.74, 6) is 0.447. The third-order valence-electron chi connectivity index (χ3n) is 4.06. The lowest BCUT2D eigenvalue weighted by molar-refractivity contribution is -0.385. The maximum Gasteiger partial charge on any atom is 0.280 e. The summed E-state index contributed by atoms with van der Waals surface area (Å²) in [7, 11) is 0. The number of nitrogens with zero attached hydrogens (tertiary/aromatic N) is 2. The molecule has 4 rings (SSSR count). The number of hydrogen-bond donors (Lipinski definition) is 0. The van der Waals surface area contributed by atoms with Crippen molar-refractivity contribution >= 4 is 46.0 Å². The first-order chi connectivity index (χ1) is 13.0. The monoisotopic (exact) mass is 400 g/mol. The number of ether oxygens (including phenoxy) is 2. The summed E-state index contributed by atoms with van der Waals surface area (Å²) in [6.45, 7) is 0.362. The summed E-state index contributed by atoms with van der Waals surface area (Å²) in [6, 6.07) is 12.3. The van der Waals surface area contributed by atoms with Gasteiger partial charge in [0.15, 0.2) is 11.5 Å². The lowest BCUT2D eigenvalue weighted by atomic mass is 10.1. The number of thiocarbonyl (C=S) groups is 1. The van der Waals surface area contributed by atoms with E-state index in [9.17, 15) is 14.9 Å². The first kappa shape index (κ1) is 17.5. The largest absolute Gasteiger partial charge is 0.454 e. The van der Waals surface area contributed by atoms with Crippen LogP contribution in [0, 0.1) is 10.1 Å². The van der Waals surface area contributed by atoms with Gasteiger partial charge in [-0.3, -0.25) is 19.8 Å². The summed E-state index contributed by atoms with van der Waals surface area (Å²) < 4.78 is 10.9. The van der Waals surface area contributed by atoms with Gasteiger partial charge in [0, 0.05) is 0 Å². The smallest absolute Gasteiger partial charge is 0.280 e. The standard InChI is InChI=1S/C18H12N2O5S2/c21-17-16(27-18(26)19(17)9-11-4-2-1-3-5-11)7-12-6-14-15(25-10-24-14)8-13(12)20(22)23/h1-8H,9-10H2/b16-7+. The Morgan fingerprint density at radius 2 is 1.93 bits per heavy atom. The molecule has 27 heavy (non-hydrogen) atoms. The van der Waals surface area contributed by atoms with Gasteiger partial charge in [0.2, 0.25) is 6.79 Å². The van der Waals surface area contributed by atoms with Crippen molar-refractivity contribution in [2.24, 2.45) is 0 Å². The zero-order valence-electron chi connectivity index (χ0n) is 13.8. The van der Waals surface area contributed by atoms with E-state index in [1.807, 2.05) is 30.3 Å². The summed E-state index contributed by atoms with van der Waals surface area (Å²) in [6.07, 6.45) is 1.48. The molecule has 0 spiro atoms. The van der Waals surface area contributed by atoms with E-state index in [2.05, 4.69) is 0 Å². The van der Waals surface area contributed by atoms with Crippen molar-refractivity contribution in [3.05, 3.63) is 68.6 Å². The molecule has 1 amide bonds. The molecule has 2 aliphatic heterocycles. The second kappa shape index (κ2) is 7.01. The zero-order valence-corrected chi connectivity index (χ0v) is 15.4. The Bertz CT molecular complexity index is 991. The average molecular weight is 400 g/mol. The van der Waals surface area contributed by atoms with Gasteiger partial charge in [-0.15, -0.1) is 0 Å². The topological polar surface area (TPSA) is 81.9 Å². The fourth-order valence-electron chi connectivity index (χ4n) is 2.76. The van der Waals surface area contributed by atoms with E-state index in [0.717, 1.165) is 17.3 Å². The summed E-state index contributed by atoms with van der Waals surface area (Å²) in [5, 5.41) is 11.4. The van der Waals surface area contributed by atoms with E-state index in [4.69, 9.17) is 21.7 Å². The fraction of sp³-hybridized carbons (Fsp3) is 0.111. The zero-order chi connectivity index (χ0) is 19.0. The van der Waals surface area contributed by atoms with Crippen LogP contribution >= 0.6 is 24.0 Å². The Balaban J connectivity index is 1.66. The molecule has 0 unspecified atom stereocenters. The SMILES string of the molecule is O=C1/C(=C\c2cc3c(cc2[N+](=O)[O-])OCO3)SC(=S)N1Cc1ccccc1. The van der Waals surface area contributed by atoms with Gasteiger partial charge in [-0.2, -0.15) is 0 Å². The minimum Gasteiger partial charge on any atom is -0.454 e. The van der Waals surface area contributed by atoms with Gasteiger partial charge in [0.05, 0.1) is 28.0 Å². The van der Waals surface area contributed by atoms with Crippen LogP contribution in [0.2, 0.25) is 0 Å². The lowest BCUT2D eigenvalue weighted by Crippen LogP contribution is -2.27. The Labute approximate surface area is 163 Å². The van der Waals surface area contributed by atoms with E-state index in [-0.39, 0.29) is 24.0 Å². The number of rotatable bonds is 4. The highest BCUT2D eigenvalue weighted by Gasteiger charge is 2.33. The third-order valence-corrected chi connectivity index (χ3v) is 5.44. The molecule has 0 aromatic heterocycles. The number of carbonyl (C=O) groups is 1. The predicted molar refractivity (Wildman–Crippen MR) is 104 cm³/mol.